The van der Waals surface area contributed by atoms with Gasteiger partial charge in [-0.3, -0.25) is 4.79 Å². The number of benzene rings is 1. The Balaban J connectivity index is 2.31. The smallest absolute Gasteiger partial charge is 0.167 e. The van der Waals surface area contributed by atoms with Crippen LogP contribution in [-0.2, 0) is 0 Å². The van der Waals surface area contributed by atoms with Crippen LogP contribution in [0.3, 0.4) is 0 Å². The van der Waals surface area contributed by atoms with Gasteiger partial charge in [0.2, 0.25) is 0 Å². The monoisotopic (exact) mass is 280 g/mol. The summed E-state index contributed by atoms with van der Waals surface area (Å²) in [7, 11) is 1.41. The summed E-state index contributed by atoms with van der Waals surface area (Å²) in [6.07, 6.45) is 0. The summed E-state index contributed by atoms with van der Waals surface area (Å²) >= 11 is 1.18. The standard InChI is InChI=1S/C13H13FN2O2S/c1-7-12(8(2)17)13(19-16-7)15-9-4-5-11(18-3)10(14)6-9/h4-6,15H,1-3H3. The van der Waals surface area contributed by atoms with Gasteiger partial charge in [0.1, 0.15) is 5.00 Å². The minimum atomic E-state index is -0.460. The number of halogens is 1. The number of aromatic nitrogens is 1. The van der Waals surface area contributed by atoms with Crippen molar-refractivity contribution in [1.29, 1.82) is 0 Å². The molecule has 0 bridgehead atoms. The van der Waals surface area contributed by atoms with Gasteiger partial charge in [-0.2, -0.15) is 4.37 Å². The van der Waals surface area contributed by atoms with Crippen LogP contribution in [0.15, 0.2) is 18.2 Å². The summed E-state index contributed by atoms with van der Waals surface area (Å²) in [5.74, 6) is -0.348. The van der Waals surface area contributed by atoms with E-state index >= 15 is 0 Å². The van der Waals surface area contributed by atoms with Crippen molar-refractivity contribution in [2.24, 2.45) is 0 Å². The van der Waals surface area contributed by atoms with Crippen LogP contribution in [0.1, 0.15) is 23.0 Å². The molecule has 1 heterocycles. The van der Waals surface area contributed by atoms with Crippen molar-refractivity contribution < 1.29 is 13.9 Å². The molecule has 0 aliphatic rings. The molecule has 0 aliphatic carbocycles. The second-order valence-corrected chi connectivity index (χ2v) is 4.78. The first-order chi connectivity index (χ1) is 9.02. The predicted octanol–water partition coefficient (Wildman–Crippen LogP) is 3.55. The van der Waals surface area contributed by atoms with Crippen LogP contribution in [0.2, 0.25) is 0 Å². The van der Waals surface area contributed by atoms with E-state index in [1.165, 1.54) is 37.7 Å². The molecular formula is C13H13FN2O2S. The Hall–Kier alpha value is -1.95. The zero-order valence-corrected chi connectivity index (χ0v) is 11.6. The number of carbonyl (C=O) groups is 1. The van der Waals surface area contributed by atoms with Gasteiger partial charge in [-0.15, -0.1) is 0 Å². The maximum atomic E-state index is 13.6. The molecule has 19 heavy (non-hydrogen) atoms. The normalized spacial score (nSPS) is 10.3. The van der Waals surface area contributed by atoms with Crippen LogP contribution < -0.4 is 10.1 Å². The molecule has 0 unspecified atom stereocenters. The molecule has 0 fully saturated rings. The van der Waals surface area contributed by atoms with Gasteiger partial charge in [0, 0.05) is 11.8 Å². The summed E-state index contributed by atoms with van der Waals surface area (Å²) in [5, 5.41) is 3.63. The van der Waals surface area contributed by atoms with E-state index in [2.05, 4.69) is 9.69 Å². The van der Waals surface area contributed by atoms with Gasteiger partial charge < -0.3 is 10.1 Å². The molecule has 2 rings (SSSR count). The number of ether oxygens (including phenoxy) is 1. The molecule has 4 nitrogen and oxygen atoms in total. The Labute approximate surface area is 114 Å². The summed E-state index contributed by atoms with van der Waals surface area (Å²) in [5.41, 5.74) is 1.76. The Morgan fingerprint density at radius 1 is 1.47 bits per heavy atom. The van der Waals surface area contributed by atoms with Gasteiger partial charge in [0.25, 0.3) is 0 Å². The molecule has 0 saturated heterocycles. The molecule has 0 amide bonds. The molecule has 100 valence electrons. The van der Waals surface area contributed by atoms with Crippen molar-refractivity contribution in [3.63, 3.8) is 0 Å². The van der Waals surface area contributed by atoms with Gasteiger partial charge in [-0.25, -0.2) is 4.39 Å². The number of anilines is 2. The highest BCUT2D eigenvalue weighted by atomic mass is 32.1. The number of nitrogens with one attached hydrogen (secondary N) is 1. The number of rotatable bonds is 4. The van der Waals surface area contributed by atoms with E-state index in [0.29, 0.717) is 21.9 Å². The van der Waals surface area contributed by atoms with Crippen molar-refractivity contribution in [2.75, 3.05) is 12.4 Å². The largest absolute Gasteiger partial charge is 0.494 e. The Kier molecular flexibility index (Phi) is 3.80. The first-order valence-corrected chi connectivity index (χ1v) is 6.38. The highest BCUT2D eigenvalue weighted by Crippen LogP contribution is 2.30. The zero-order chi connectivity index (χ0) is 14.0. The predicted molar refractivity (Wildman–Crippen MR) is 73.1 cm³/mol. The zero-order valence-electron chi connectivity index (χ0n) is 10.8. The first kappa shape index (κ1) is 13.5. The number of hydrogen-bond acceptors (Lipinski definition) is 5. The minimum absolute atomic E-state index is 0.0669. The average molecular weight is 280 g/mol. The maximum Gasteiger partial charge on any atom is 0.167 e. The fraction of sp³-hybridized carbons (Fsp3) is 0.231. The second kappa shape index (κ2) is 5.36. The molecule has 1 aromatic heterocycles. The molecular weight excluding hydrogens is 267 g/mol. The fourth-order valence-corrected chi connectivity index (χ4v) is 2.61. The van der Waals surface area contributed by atoms with E-state index in [1.54, 1.807) is 13.0 Å². The van der Waals surface area contributed by atoms with E-state index in [-0.39, 0.29) is 11.5 Å². The molecule has 6 heteroatoms. The molecule has 0 spiro atoms. The third-order valence-electron chi connectivity index (χ3n) is 2.62. The average Bonchev–Trinajstić information content (AvgIpc) is 2.70. The quantitative estimate of drug-likeness (QED) is 0.870. The highest BCUT2D eigenvalue weighted by molar-refractivity contribution is 7.10. The van der Waals surface area contributed by atoms with Crippen molar-refractivity contribution in [2.45, 2.75) is 13.8 Å². The summed E-state index contributed by atoms with van der Waals surface area (Å²) < 4.78 is 22.6. The van der Waals surface area contributed by atoms with Crippen LogP contribution >= 0.6 is 11.5 Å². The third-order valence-corrected chi connectivity index (χ3v) is 3.48. The van der Waals surface area contributed by atoms with Crippen LogP contribution in [-0.4, -0.2) is 17.3 Å². The topological polar surface area (TPSA) is 51.2 Å². The van der Waals surface area contributed by atoms with Crippen LogP contribution in [0.25, 0.3) is 0 Å². The number of nitrogens with zero attached hydrogens (tertiary/aromatic N) is 1. The molecule has 1 aromatic carbocycles. The number of aryl methyl sites for hydroxylation is 1. The van der Waals surface area contributed by atoms with Gasteiger partial charge in [0.15, 0.2) is 17.3 Å². The van der Waals surface area contributed by atoms with E-state index < -0.39 is 5.82 Å². The van der Waals surface area contributed by atoms with Crippen molar-refractivity contribution >= 4 is 28.0 Å². The van der Waals surface area contributed by atoms with Crippen LogP contribution in [0.4, 0.5) is 15.1 Å². The lowest BCUT2D eigenvalue weighted by molar-refractivity contribution is 0.101. The minimum Gasteiger partial charge on any atom is -0.494 e. The summed E-state index contributed by atoms with van der Waals surface area (Å²) in [4.78, 5) is 11.5. The molecule has 0 aliphatic heterocycles. The van der Waals surface area contributed by atoms with Gasteiger partial charge in [-0.05, 0) is 37.5 Å². The molecule has 0 atom stereocenters. The Bertz CT molecular complexity index is 625. The lowest BCUT2D eigenvalue weighted by Crippen LogP contribution is -1.99. The fourth-order valence-electron chi connectivity index (χ4n) is 1.74. The van der Waals surface area contributed by atoms with Gasteiger partial charge in [-0.1, -0.05) is 0 Å². The molecule has 0 radical (unpaired) electrons. The molecule has 1 N–H and O–H groups in total. The molecule has 0 saturated carbocycles. The maximum absolute atomic E-state index is 13.6. The second-order valence-electron chi connectivity index (χ2n) is 4.00. The summed E-state index contributed by atoms with van der Waals surface area (Å²) in [6, 6.07) is 4.53. The number of methoxy groups -OCH3 is 1. The number of carbonyl (C=O) groups excluding carboxylic acids is 1. The Morgan fingerprint density at radius 2 is 2.21 bits per heavy atom. The van der Waals surface area contributed by atoms with E-state index in [9.17, 15) is 9.18 Å². The number of Topliss-reactive ketones (excluding diaryl/α,β-unsaturated/α-hetero) is 1. The highest BCUT2D eigenvalue weighted by Gasteiger charge is 2.15. The van der Waals surface area contributed by atoms with Crippen LogP contribution in [0.5, 0.6) is 5.75 Å². The Morgan fingerprint density at radius 3 is 2.79 bits per heavy atom. The SMILES string of the molecule is COc1ccc(Nc2snc(C)c2C(C)=O)cc1F. The molecule has 2 aromatic rings. The first-order valence-electron chi connectivity index (χ1n) is 5.60. The van der Waals surface area contributed by atoms with Crippen molar-refractivity contribution in [3.05, 3.63) is 35.3 Å². The number of hydrogen-bond donors (Lipinski definition) is 1. The van der Waals surface area contributed by atoms with Crippen molar-refractivity contribution in [1.82, 2.24) is 4.37 Å². The van der Waals surface area contributed by atoms with Crippen LogP contribution in [0, 0.1) is 12.7 Å². The summed E-state index contributed by atoms with van der Waals surface area (Å²) in [6.45, 7) is 3.25. The van der Waals surface area contributed by atoms with E-state index in [1.807, 2.05) is 0 Å². The number of ketones is 1. The lowest BCUT2D eigenvalue weighted by atomic mass is 10.2. The van der Waals surface area contributed by atoms with E-state index in [4.69, 9.17) is 4.74 Å². The third kappa shape index (κ3) is 2.73. The van der Waals surface area contributed by atoms with Gasteiger partial charge in [0.05, 0.1) is 18.4 Å². The van der Waals surface area contributed by atoms with E-state index in [0.717, 1.165) is 0 Å². The lowest BCUT2D eigenvalue weighted by Gasteiger charge is -2.07. The van der Waals surface area contributed by atoms with Gasteiger partial charge >= 0.3 is 0 Å². The van der Waals surface area contributed by atoms with Crippen molar-refractivity contribution in [3.8, 4) is 5.75 Å².